The van der Waals surface area contributed by atoms with E-state index in [1.807, 2.05) is 6.07 Å². The average Bonchev–Trinajstić information content (AvgIpc) is 3.22. The summed E-state index contributed by atoms with van der Waals surface area (Å²) in [6.45, 7) is 6.25. The van der Waals surface area contributed by atoms with Crippen LogP contribution in [0.3, 0.4) is 0 Å². The minimum absolute atomic E-state index is 0.0955. The van der Waals surface area contributed by atoms with Gasteiger partial charge in [-0.15, -0.1) is 0 Å². The summed E-state index contributed by atoms with van der Waals surface area (Å²) in [5.41, 5.74) is 8.34. The molecule has 2 fully saturated rings. The van der Waals surface area contributed by atoms with Gasteiger partial charge in [-0.3, -0.25) is 9.69 Å². The minimum atomic E-state index is -0.251. The lowest BCUT2D eigenvalue weighted by Gasteiger charge is -2.38. The van der Waals surface area contributed by atoms with Crippen molar-refractivity contribution in [2.45, 2.75) is 58.0 Å². The Hall–Kier alpha value is -3.07. The first-order valence-electron chi connectivity index (χ1n) is 12.8. The number of carbonyl (C=O) groups excluding carboxylic acids is 1. The topological polar surface area (TPSA) is 93.2 Å². The van der Waals surface area contributed by atoms with Crippen LogP contribution in [0.4, 0.5) is 10.3 Å². The summed E-state index contributed by atoms with van der Waals surface area (Å²) in [5, 5.41) is 0. The van der Waals surface area contributed by atoms with E-state index in [9.17, 15) is 9.18 Å². The number of anilines is 1. The molecule has 2 aromatic heterocycles. The van der Waals surface area contributed by atoms with Crippen molar-refractivity contribution in [1.29, 1.82) is 0 Å². The number of piperidine rings is 2. The summed E-state index contributed by atoms with van der Waals surface area (Å²) in [6.07, 6.45) is 8.98. The van der Waals surface area contributed by atoms with Crippen LogP contribution in [0.5, 0.6) is 0 Å². The van der Waals surface area contributed by atoms with Gasteiger partial charge < -0.3 is 15.2 Å². The molecule has 0 radical (unpaired) electrons. The van der Waals surface area contributed by atoms with E-state index < -0.39 is 0 Å². The zero-order valence-electron chi connectivity index (χ0n) is 20.4. The van der Waals surface area contributed by atoms with Crippen LogP contribution < -0.4 is 5.73 Å². The Morgan fingerprint density at radius 2 is 1.80 bits per heavy atom. The molecular formula is C26H34FN7O. The number of benzene rings is 1. The van der Waals surface area contributed by atoms with E-state index in [1.54, 1.807) is 12.4 Å². The molecule has 0 spiro atoms. The van der Waals surface area contributed by atoms with E-state index in [4.69, 9.17) is 10.7 Å². The predicted molar refractivity (Wildman–Crippen MR) is 133 cm³/mol. The maximum atomic E-state index is 13.8. The number of nitrogen functional groups attached to an aromatic ring is 1. The molecule has 2 N–H and O–H groups in total. The number of rotatable bonds is 6. The molecule has 0 aliphatic carbocycles. The summed E-state index contributed by atoms with van der Waals surface area (Å²) >= 11 is 0. The van der Waals surface area contributed by atoms with E-state index in [2.05, 4.69) is 31.3 Å². The highest BCUT2D eigenvalue weighted by atomic mass is 19.1. The highest BCUT2D eigenvalue weighted by Crippen LogP contribution is 2.31. The van der Waals surface area contributed by atoms with Crippen molar-refractivity contribution in [3.8, 4) is 0 Å². The average molecular weight is 480 g/mol. The van der Waals surface area contributed by atoms with Crippen LogP contribution in [0.15, 0.2) is 30.6 Å². The van der Waals surface area contributed by atoms with E-state index in [0.717, 1.165) is 93.7 Å². The summed E-state index contributed by atoms with van der Waals surface area (Å²) < 4.78 is 16.1. The van der Waals surface area contributed by atoms with Crippen LogP contribution in [0.25, 0.3) is 11.0 Å². The fraction of sp³-hybridized carbons (Fsp3) is 0.538. The smallest absolute Gasteiger partial charge is 0.225 e. The Morgan fingerprint density at radius 1 is 1.09 bits per heavy atom. The molecule has 1 amide bonds. The Morgan fingerprint density at radius 3 is 2.49 bits per heavy atom. The van der Waals surface area contributed by atoms with Crippen molar-refractivity contribution >= 4 is 22.9 Å². The fourth-order valence-electron chi connectivity index (χ4n) is 5.57. The highest BCUT2D eigenvalue weighted by Gasteiger charge is 2.32. The molecular weight excluding hydrogens is 445 g/mol. The van der Waals surface area contributed by atoms with Crippen molar-refractivity contribution < 1.29 is 9.18 Å². The predicted octanol–water partition coefficient (Wildman–Crippen LogP) is 3.58. The van der Waals surface area contributed by atoms with Gasteiger partial charge >= 0.3 is 0 Å². The largest absolute Gasteiger partial charge is 0.368 e. The van der Waals surface area contributed by atoms with Gasteiger partial charge in [-0.1, -0.05) is 6.92 Å². The number of imidazole rings is 1. The molecule has 0 atom stereocenters. The second-order valence-corrected chi connectivity index (χ2v) is 9.84. The molecule has 35 heavy (non-hydrogen) atoms. The van der Waals surface area contributed by atoms with Crippen LogP contribution in [-0.4, -0.2) is 61.4 Å². The van der Waals surface area contributed by atoms with Gasteiger partial charge in [0.05, 0.1) is 11.0 Å². The van der Waals surface area contributed by atoms with Gasteiger partial charge in [-0.25, -0.2) is 19.3 Å². The Bertz CT molecular complexity index is 1160. The van der Waals surface area contributed by atoms with Crippen molar-refractivity contribution in [2.24, 2.45) is 5.92 Å². The fourth-order valence-corrected chi connectivity index (χ4v) is 5.57. The molecule has 3 aromatic rings. The summed E-state index contributed by atoms with van der Waals surface area (Å²) in [5.74, 6) is 1.46. The van der Waals surface area contributed by atoms with Crippen molar-refractivity contribution in [3.05, 3.63) is 47.8 Å². The van der Waals surface area contributed by atoms with E-state index in [0.29, 0.717) is 17.9 Å². The van der Waals surface area contributed by atoms with Gasteiger partial charge in [0.1, 0.15) is 11.6 Å². The third-order valence-electron chi connectivity index (χ3n) is 7.41. The lowest BCUT2D eigenvalue weighted by molar-refractivity contribution is -0.138. The molecule has 186 valence electrons. The van der Waals surface area contributed by atoms with Gasteiger partial charge in [0.2, 0.25) is 11.9 Å². The van der Waals surface area contributed by atoms with Crippen molar-refractivity contribution in [3.63, 3.8) is 0 Å². The molecule has 9 heteroatoms. The number of nitrogens with zero attached hydrogens (tertiary/aromatic N) is 6. The van der Waals surface area contributed by atoms with Crippen LogP contribution >= 0.6 is 0 Å². The van der Waals surface area contributed by atoms with Gasteiger partial charge in [0.15, 0.2) is 0 Å². The number of aromatic nitrogens is 4. The quantitative estimate of drug-likeness (QED) is 0.581. The number of hydrogen-bond donors (Lipinski definition) is 1. The second-order valence-electron chi connectivity index (χ2n) is 9.84. The van der Waals surface area contributed by atoms with Gasteiger partial charge in [-0.2, -0.15) is 0 Å². The van der Waals surface area contributed by atoms with Crippen molar-refractivity contribution in [2.75, 3.05) is 31.9 Å². The van der Waals surface area contributed by atoms with Crippen LogP contribution in [0.1, 0.15) is 56.5 Å². The SMILES string of the molecule is CCCc1nc2cc(F)ccc2n1C1CCN(C(=O)C2CCN(Cc3cnc(N)nc3)CC2)CC1. The first-order chi connectivity index (χ1) is 17.0. The zero-order valence-corrected chi connectivity index (χ0v) is 20.4. The standard InChI is InChI=1S/C26H34FN7O/c1-2-3-24-31-22-14-20(27)4-5-23(22)34(24)21-8-12-33(13-9-21)25(35)19-6-10-32(11-7-19)17-18-15-29-26(28)30-16-18/h4-5,14-16,19,21H,2-3,6-13,17H2,1H3,(H2,28,29,30). The van der Waals surface area contributed by atoms with Gasteiger partial charge in [0, 0.05) is 62.0 Å². The summed E-state index contributed by atoms with van der Waals surface area (Å²) in [4.78, 5) is 30.6. The number of halogens is 1. The molecule has 0 unspecified atom stereocenters. The number of nitrogens with two attached hydrogens (primary N) is 1. The maximum absolute atomic E-state index is 13.8. The Labute approximate surface area is 205 Å². The molecule has 2 saturated heterocycles. The first kappa shape index (κ1) is 23.7. The monoisotopic (exact) mass is 479 g/mol. The minimum Gasteiger partial charge on any atom is -0.368 e. The molecule has 2 aliphatic rings. The lowest BCUT2D eigenvalue weighted by Crippen LogP contribution is -2.45. The number of carbonyl (C=O) groups is 1. The molecule has 2 aliphatic heterocycles. The van der Waals surface area contributed by atoms with E-state index in [-0.39, 0.29) is 11.7 Å². The zero-order chi connectivity index (χ0) is 24.4. The summed E-state index contributed by atoms with van der Waals surface area (Å²) in [6, 6.07) is 5.18. The van der Waals surface area contributed by atoms with E-state index >= 15 is 0 Å². The van der Waals surface area contributed by atoms with Crippen LogP contribution in [0, 0.1) is 11.7 Å². The third-order valence-corrected chi connectivity index (χ3v) is 7.41. The van der Waals surface area contributed by atoms with E-state index in [1.165, 1.54) is 12.1 Å². The number of amides is 1. The van der Waals surface area contributed by atoms with Gasteiger partial charge in [0.25, 0.3) is 0 Å². The number of aryl methyl sites for hydroxylation is 1. The number of likely N-dealkylation sites (tertiary alicyclic amines) is 2. The second kappa shape index (κ2) is 10.3. The number of fused-ring (bicyclic) bond motifs is 1. The lowest BCUT2D eigenvalue weighted by atomic mass is 9.93. The first-order valence-corrected chi connectivity index (χ1v) is 12.8. The van der Waals surface area contributed by atoms with Crippen LogP contribution in [0.2, 0.25) is 0 Å². The Balaban J connectivity index is 1.17. The third kappa shape index (κ3) is 5.15. The highest BCUT2D eigenvalue weighted by molar-refractivity contribution is 5.79. The number of hydrogen-bond acceptors (Lipinski definition) is 6. The molecule has 0 bridgehead atoms. The summed E-state index contributed by atoms with van der Waals surface area (Å²) in [7, 11) is 0. The normalized spacial score (nSPS) is 18.4. The molecule has 8 nitrogen and oxygen atoms in total. The Kier molecular flexibility index (Phi) is 6.95. The molecule has 4 heterocycles. The van der Waals surface area contributed by atoms with Crippen molar-refractivity contribution in [1.82, 2.24) is 29.3 Å². The molecule has 5 rings (SSSR count). The maximum Gasteiger partial charge on any atom is 0.225 e. The van der Waals surface area contributed by atoms with Gasteiger partial charge in [-0.05, 0) is 57.3 Å². The molecule has 1 aromatic carbocycles. The molecule has 0 saturated carbocycles. The van der Waals surface area contributed by atoms with Crippen LogP contribution in [-0.2, 0) is 17.8 Å².